The summed E-state index contributed by atoms with van der Waals surface area (Å²) in [5.74, 6) is 0.689. The number of nitrogens with zero attached hydrogens (tertiary/aromatic N) is 1. The van der Waals surface area contributed by atoms with Gasteiger partial charge in [0, 0.05) is 26.1 Å². The lowest BCUT2D eigenvalue weighted by molar-refractivity contribution is 0.117. The van der Waals surface area contributed by atoms with Gasteiger partial charge in [-0.1, -0.05) is 0 Å². The number of nitrogens with one attached hydrogen (secondary N) is 2. The molecule has 0 spiro atoms. The minimum atomic E-state index is -0.435. The van der Waals surface area contributed by atoms with E-state index in [0.717, 1.165) is 43.8 Å². The zero-order valence-electron chi connectivity index (χ0n) is 15.6. The molecular formula is C20H26F2IN3O2. The van der Waals surface area contributed by atoms with Crippen LogP contribution in [0.25, 0.3) is 0 Å². The highest BCUT2D eigenvalue weighted by Gasteiger charge is 2.15. The Hall–Kier alpha value is -1.68. The molecule has 0 aliphatic carbocycles. The SMILES string of the molecule is Fc1ccc(F)c(CCNC(=NCC2CCCO2)NCCc2ccco2)c1.I. The van der Waals surface area contributed by atoms with Crippen molar-refractivity contribution < 1.29 is 17.9 Å². The number of benzene rings is 1. The summed E-state index contributed by atoms with van der Waals surface area (Å²) in [6.45, 7) is 2.45. The molecule has 0 amide bonds. The predicted octanol–water partition coefficient (Wildman–Crippen LogP) is 3.68. The molecule has 1 aromatic carbocycles. The maximum atomic E-state index is 13.7. The average molecular weight is 505 g/mol. The fraction of sp³-hybridized carbons (Fsp3) is 0.450. The van der Waals surface area contributed by atoms with E-state index in [2.05, 4.69) is 15.6 Å². The summed E-state index contributed by atoms with van der Waals surface area (Å²) in [6, 6.07) is 7.28. The van der Waals surface area contributed by atoms with Crippen LogP contribution < -0.4 is 10.6 Å². The van der Waals surface area contributed by atoms with Crippen LogP contribution in [-0.2, 0) is 17.6 Å². The van der Waals surface area contributed by atoms with Crippen molar-refractivity contribution in [1.82, 2.24) is 10.6 Å². The first kappa shape index (κ1) is 22.6. The second kappa shape index (κ2) is 12.0. The normalized spacial score (nSPS) is 16.6. The van der Waals surface area contributed by atoms with Crippen LogP contribution in [0.5, 0.6) is 0 Å². The van der Waals surface area contributed by atoms with Crippen molar-refractivity contribution in [3.63, 3.8) is 0 Å². The highest BCUT2D eigenvalue weighted by atomic mass is 127. The van der Waals surface area contributed by atoms with Crippen molar-refractivity contribution in [1.29, 1.82) is 0 Å². The van der Waals surface area contributed by atoms with Crippen molar-refractivity contribution in [2.75, 3.05) is 26.2 Å². The first-order valence-corrected chi connectivity index (χ1v) is 9.31. The van der Waals surface area contributed by atoms with Crippen molar-refractivity contribution in [3.05, 3.63) is 59.6 Å². The lowest BCUT2D eigenvalue weighted by Crippen LogP contribution is -2.40. The second-order valence-electron chi connectivity index (χ2n) is 6.49. The van der Waals surface area contributed by atoms with Gasteiger partial charge in [0.05, 0.1) is 18.9 Å². The van der Waals surface area contributed by atoms with Gasteiger partial charge in [0.1, 0.15) is 17.4 Å². The number of ether oxygens (including phenoxy) is 1. The first-order valence-electron chi connectivity index (χ1n) is 9.31. The van der Waals surface area contributed by atoms with Gasteiger partial charge in [-0.2, -0.15) is 0 Å². The summed E-state index contributed by atoms with van der Waals surface area (Å²) in [5.41, 5.74) is 0.344. The number of hydrogen-bond acceptors (Lipinski definition) is 3. The quantitative estimate of drug-likeness (QED) is 0.327. The topological polar surface area (TPSA) is 58.8 Å². The molecule has 3 rings (SSSR count). The van der Waals surface area contributed by atoms with E-state index < -0.39 is 11.6 Å². The van der Waals surface area contributed by atoms with Gasteiger partial charge >= 0.3 is 0 Å². The molecule has 1 saturated heterocycles. The standard InChI is InChI=1S/C20H25F2N3O2.HI/c21-16-5-6-19(22)15(13-16)7-9-23-20(25-14-18-4-2-12-27-18)24-10-8-17-3-1-11-26-17;/h1,3,5-6,11,13,18H,2,4,7-10,12,14H2,(H2,23,24,25);1H. The molecule has 2 N–H and O–H groups in total. The number of rotatable bonds is 8. The number of guanidine groups is 1. The molecule has 2 heterocycles. The molecule has 28 heavy (non-hydrogen) atoms. The van der Waals surface area contributed by atoms with Gasteiger partial charge in [-0.3, -0.25) is 4.99 Å². The van der Waals surface area contributed by atoms with Crippen molar-refractivity contribution in [3.8, 4) is 0 Å². The lowest BCUT2D eigenvalue weighted by atomic mass is 10.1. The maximum Gasteiger partial charge on any atom is 0.191 e. The van der Waals surface area contributed by atoms with Crippen molar-refractivity contribution in [2.24, 2.45) is 4.99 Å². The zero-order chi connectivity index (χ0) is 18.9. The summed E-state index contributed by atoms with van der Waals surface area (Å²) in [7, 11) is 0. The third-order valence-corrected chi connectivity index (χ3v) is 4.42. The summed E-state index contributed by atoms with van der Waals surface area (Å²) in [5, 5.41) is 6.43. The van der Waals surface area contributed by atoms with Crippen LogP contribution >= 0.6 is 24.0 Å². The lowest BCUT2D eigenvalue weighted by Gasteiger charge is -2.14. The van der Waals surface area contributed by atoms with E-state index in [0.29, 0.717) is 37.6 Å². The van der Waals surface area contributed by atoms with E-state index in [1.807, 2.05) is 12.1 Å². The van der Waals surface area contributed by atoms with E-state index in [-0.39, 0.29) is 30.1 Å². The molecule has 8 heteroatoms. The Morgan fingerprint density at radius 1 is 1.14 bits per heavy atom. The minimum absolute atomic E-state index is 0. The number of furan rings is 1. The largest absolute Gasteiger partial charge is 0.469 e. The fourth-order valence-corrected chi connectivity index (χ4v) is 2.97. The smallest absolute Gasteiger partial charge is 0.191 e. The molecule has 1 fully saturated rings. The van der Waals surface area contributed by atoms with Crippen LogP contribution in [0.2, 0.25) is 0 Å². The van der Waals surface area contributed by atoms with Gasteiger partial charge < -0.3 is 19.8 Å². The highest BCUT2D eigenvalue weighted by Crippen LogP contribution is 2.12. The predicted molar refractivity (Wildman–Crippen MR) is 115 cm³/mol. The van der Waals surface area contributed by atoms with Gasteiger partial charge in [0.25, 0.3) is 0 Å². The Morgan fingerprint density at radius 3 is 2.68 bits per heavy atom. The van der Waals surface area contributed by atoms with Gasteiger partial charge in [-0.05, 0) is 55.2 Å². The van der Waals surface area contributed by atoms with E-state index in [1.165, 1.54) is 6.07 Å². The van der Waals surface area contributed by atoms with E-state index in [4.69, 9.17) is 9.15 Å². The third-order valence-electron chi connectivity index (χ3n) is 4.42. The summed E-state index contributed by atoms with van der Waals surface area (Å²) in [6.07, 6.45) is 4.96. The number of halogens is 3. The van der Waals surface area contributed by atoms with Crippen LogP contribution in [0, 0.1) is 11.6 Å². The summed E-state index contributed by atoms with van der Waals surface area (Å²) >= 11 is 0. The molecule has 2 aromatic rings. The Labute approximate surface area is 181 Å². The molecule has 1 aromatic heterocycles. The zero-order valence-corrected chi connectivity index (χ0v) is 18.0. The van der Waals surface area contributed by atoms with E-state index >= 15 is 0 Å². The first-order chi connectivity index (χ1) is 13.2. The fourth-order valence-electron chi connectivity index (χ4n) is 2.97. The van der Waals surface area contributed by atoms with Gasteiger partial charge in [0.2, 0.25) is 0 Å². The molecule has 0 bridgehead atoms. The van der Waals surface area contributed by atoms with Crippen molar-refractivity contribution >= 4 is 29.9 Å². The van der Waals surface area contributed by atoms with Crippen LogP contribution in [0.4, 0.5) is 8.78 Å². The van der Waals surface area contributed by atoms with Crippen molar-refractivity contribution in [2.45, 2.75) is 31.8 Å². The van der Waals surface area contributed by atoms with Gasteiger partial charge in [-0.25, -0.2) is 8.78 Å². The number of hydrogen-bond donors (Lipinski definition) is 2. The average Bonchev–Trinajstić information content (AvgIpc) is 3.36. The Kier molecular flexibility index (Phi) is 9.69. The van der Waals surface area contributed by atoms with Crippen LogP contribution in [0.3, 0.4) is 0 Å². The molecule has 1 atom stereocenters. The highest BCUT2D eigenvalue weighted by molar-refractivity contribution is 14.0. The van der Waals surface area contributed by atoms with Gasteiger partial charge in [0.15, 0.2) is 5.96 Å². The van der Waals surface area contributed by atoms with Crippen LogP contribution in [-0.4, -0.2) is 38.3 Å². The molecule has 1 unspecified atom stereocenters. The minimum Gasteiger partial charge on any atom is -0.469 e. The van der Waals surface area contributed by atoms with Crippen LogP contribution in [0.15, 0.2) is 46.0 Å². The monoisotopic (exact) mass is 505 g/mol. The number of aliphatic imine (C=N–C) groups is 1. The molecule has 1 aliphatic heterocycles. The molecule has 0 radical (unpaired) electrons. The maximum absolute atomic E-state index is 13.7. The Morgan fingerprint density at radius 2 is 1.96 bits per heavy atom. The molecule has 154 valence electrons. The molecule has 0 saturated carbocycles. The summed E-state index contributed by atoms with van der Waals surface area (Å²) in [4.78, 5) is 4.57. The molecular weight excluding hydrogens is 479 g/mol. The Balaban J connectivity index is 0.00000280. The van der Waals surface area contributed by atoms with E-state index in [1.54, 1.807) is 6.26 Å². The Bertz CT molecular complexity index is 735. The molecule has 1 aliphatic rings. The summed E-state index contributed by atoms with van der Waals surface area (Å²) < 4.78 is 37.9. The van der Waals surface area contributed by atoms with E-state index in [9.17, 15) is 8.78 Å². The third kappa shape index (κ3) is 7.38. The second-order valence-corrected chi connectivity index (χ2v) is 6.49. The van der Waals surface area contributed by atoms with Gasteiger partial charge in [-0.15, -0.1) is 24.0 Å². The van der Waals surface area contributed by atoms with Crippen LogP contribution in [0.1, 0.15) is 24.2 Å². The molecule has 5 nitrogen and oxygen atoms in total.